The van der Waals surface area contributed by atoms with E-state index < -0.39 is 0 Å². The Morgan fingerprint density at radius 2 is 2.00 bits per heavy atom. The van der Waals surface area contributed by atoms with Gasteiger partial charge in [0, 0.05) is 24.5 Å². The van der Waals surface area contributed by atoms with Gasteiger partial charge >= 0.3 is 0 Å². The Morgan fingerprint density at radius 1 is 1.22 bits per heavy atom. The van der Waals surface area contributed by atoms with Crippen molar-refractivity contribution in [3.63, 3.8) is 0 Å². The summed E-state index contributed by atoms with van der Waals surface area (Å²) in [5.41, 5.74) is 2.01. The van der Waals surface area contributed by atoms with Gasteiger partial charge in [-0.05, 0) is 12.5 Å². The Bertz CT molecular complexity index is 783. The fourth-order valence-corrected chi connectivity index (χ4v) is 2.50. The molecule has 0 amide bonds. The molecule has 2 aromatic heterocycles. The molecule has 0 saturated carbocycles. The number of para-hydroxylation sites is 1. The first-order chi connectivity index (χ1) is 8.74. The summed E-state index contributed by atoms with van der Waals surface area (Å²) < 4.78 is 3.57. The summed E-state index contributed by atoms with van der Waals surface area (Å²) in [5.74, 6) is 0. The maximum Gasteiger partial charge on any atom is 0.276 e. The summed E-state index contributed by atoms with van der Waals surface area (Å²) in [4.78, 5) is 12.2. The van der Waals surface area contributed by atoms with E-state index in [1.807, 2.05) is 18.2 Å². The van der Waals surface area contributed by atoms with E-state index in [4.69, 9.17) is 0 Å². The van der Waals surface area contributed by atoms with Crippen molar-refractivity contribution in [3.8, 4) is 0 Å². The minimum atomic E-state index is -0.0291. The molecule has 0 radical (unpaired) electrons. The predicted molar refractivity (Wildman–Crippen MR) is 72.8 cm³/mol. The second-order valence-electron chi connectivity index (χ2n) is 4.50. The van der Waals surface area contributed by atoms with Gasteiger partial charge in [0.1, 0.15) is 0 Å². The summed E-state index contributed by atoms with van der Waals surface area (Å²) in [6, 6.07) is 8.04. The average Bonchev–Trinajstić information content (AvgIpc) is 2.70. The van der Waals surface area contributed by atoms with E-state index in [-0.39, 0.29) is 5.56 Å². The molecule has 2 heterocycles. The third-order valence-corrected chi connectivity index (χ3v) is 3.32. The van der Waals surface area contributed by atoms with E-state index in [2.05, 4.69) is 22.7 Å². The lowest BCUT2D eigenvalue weighted by atomic mass is 10.2. The highest BCUT2D eigenvalue weighted by atomic mass is 16.1. The van der Waals surface area contributed by atoms with Crippen LogP contribution in [0.4, 0.5) is 0 Å². The minimum absolute atomic E-state index is 0.0291. The molecule has 0 atom stereocenters. The second-order valence-corrected chi connectivity index (χ2v) is 4.50. The summed E-state index contributed by atoms with van der Waals surface area (Å²) in [5, 5.41) is 5.92. The SMILES string of the molecule is CCCn1c2ccccc2c2c(=O)n(C)ncc21. The van der Waals surface area contributed by atoms with Gasteiger partial charge in [-0.3, -0.25) is 4.79 Å². The van der Waals surface area contributed by atoms with Crippen LogP contribution in [0, 0.1) is 0 Å². The molecule has 0 saturated heterocycles. The van der Waals surface area contributed by atoms with Gasteiger partial charge in [-0.15, -0.1) is 0 Å². The van der Waals surface area contributed by atoms with Gasteiger partial charge < -0.3 is 4.57 Å². The van der Waals surface area contributed by atoms with E-state index in [9.17, 15) is 4.79 Å². The molecule has 3 rings (SSSR count). The van der Waals surface area contributed by atoms with Crippen LogP contribution in [-0.4, -0.2) is 14.3 Å². The molecule has 0 unspecified atom stereocenters. The van der Waals surface area contributed by atoms with Crippen molar-refractivity contribution >= 4 is 21.8 Å². The molecule has 0 bridgehead atoms. The van der Waals surface area contributed by atoms with Gasteiger partial charge in [-0.2, -0.15) is 5.10 Å². The first kappa shape index (κ1) is 11.0. The van der Waals surface area contributed by atoms with Gasteiger partial charge in [-0.1, -0.05) is 25.1 Å². The molecule has 0 fully saturated rings. The normalized spacial score (nSPS) is 11.4. The molecule has 0 aliphatic carbocycles. The molecular formula is C14H15N3O. The topological polar surface area (TPSA) is 39.8 Å². The maximum absolute atomic E-state index is 12.2. The van der Waals surface area contributed by atoms with E-state index in [1.54, 1.807) is 13.2 Å². The quantitative estimate of drug-likeness (QED) is 0.690. The summed E-state index contributed by atoms with van der Waals surface area (Å²) in [6.45, 7) is 3.04. The molecule has 1 aromatic carbocycles. The number of aromatic nitrogens is 3. The molecule has 0 spiro atoms. The average molecular weight is 241 g/mol. The van der Waals surface area contributed by atoms with Crippen LogP contribution in [0.25, 0.3) is 21.8 Å². The number of fused-ring (bicyclic) bond motifs is 3. The summed E-state index contributed by atoms with van der Waals surface area (Å²) in [7, 11) is 1.69. The van der Waals surface area contributed by atoms with Gasteiger partial charge in [0.15, 0.2) is 0 Å². The highest BCUT2D eigenvalue weighted by Crippen LogP contribution is 2.25. The monoisotopic (exact) mass is 241 g/mol. The third-order valence-electron chi connectivity index (χ3n) is 3.32. The standard InChI is InChI=1S/C14H15N3O/c1-3-8-17-11-7-5-4-6-10(11)13-12(17)9-15-16(2)14(13)18/h4-7,9H,3,8H2,1-2H3. The fourth-order valence-electron chi connectivity index (χ4n) is 2.50. The Labute approximate surface area is 104 Å². The molecule has 0 aliphatic rings. The van der Waals surface area contributed by atoms with Crippen LogP contribution in [0.5, 0.6) is 0 Å². The molecule has 3 aromatic rings. The van der Waals surface area contributed by atoms with Crippen molar-refractivity contribution in [2.24, 2.45) is 7.05 Å². The number of nitrogens with zero attached hydrogens (tertiary/aromatic N) is 3. The lowest BCUT2D eigenvalue weighted by Gasteiger charge is -2.04. The summed E-state index contributed by atoms with van der Waals surface area (Å²) in [6.07, 6.45) is 2.81. The number of aryl methyl sites for hydroxylation is 2. The first-order valence-electron chi connectivity index (χ1n) is 6.17. The van der Waals surface area contributed by atoms with E-state index >= 15 is 0 Å². The number of benzene rings is 1. The van der Waals surface area contributed by atoms with Crippen LogP contribution in [0.15, 0.2) is 35.3 Å². The van der Waals surface area contributed by atoms with Crippen molar-refractivity contribution in [1.82, 2.24) is 14.3 Å². The number of hydrogen-bond acceptors (Lipinski definition) is 2. The van der Waals surface area contributed by atoms with Gasteiger partial charge in [0.2, 0.25) is 0 Å². The Hall–Kier alpha value is -2.10. The Kier molecular flexibility index (Phi) is 2.44. The smallest absolute Gasteiger partial charge is 0.276 e. The third kappa shape index (κ3) is 1.38. The lowest BCUT2D eigenvalue weighted by molar-refractivity contribution is 0.699. The highest BCUT2D eigenvalue weighted by Gasteiger charge is 2.13. The Morgan fingerprint density at radius 3 is 2.78 bits per heavy atom. The van der Waals surface area contributed by atoms with Crippen molar-refractivity contribution in [2.45, 2.75) is 19.9 Å². The number of rotatable bonds is 2. The van der Waals surface area contributed by atoms with E-state index in [1.165, 1.54) is 4.68 Å². The second kappa shape index (κ2) is 3.98. The van der Waals surface area contributed by atoms with Crippen LogP contribution < -0.4 is 5.56 Å². The zero-order valence-corrected chi connectivity index (χ0v) is 10.6. The maximum atomic E-state index is 12.2. The van der Waals surface area contributed by atoms with Crippen LogP contribution in [-0.2, 0) is 13.6 Å². The van der Waals surface area contributed by atoms with Crippen molar-refractivity contribution in [1.29, 1.82) is 0 Å². The predicted octanol–water partition coefficient (Wildman–Crippen LogP) is 2.30. The van der Waals surface area contributed by atoms with Crippen LogP contribution >= 0.6 is 0 Å². The van der Waals surface area contributed by atoms with Crippen LogP contribution in [0.3, 0.4) is 0 Å². The minimum Gasteiger partial charge on any atom is -0.339 e. The molecular weight excluding hydrogens is 226 g/mol. The zero-order valence-electron chi connectivity index (χ0n) is 10.6. The van der Waals surface area contributed by atoms with Crippen LogP contribution in [0.2, 0.25) is 0 Å². The van der Waals surface area contributed by atoms with Gasteiger partial charge in [0.05, 0.1) is 17.1 Å². The molecule has 92 valence electrons. The van der Waals surface area contributed by atoms with E-state index in [0.29, 0.717) is 0 Å². The largest absolute Gasteiger partial charge is 0.339 e. The molecule has 4 heteroatoms. The lowest BCUT2D eigenvalue weighted by Crippen LogP contribution is -2.18. The van der Waals surface area contributed by atoms with Gasteiger partial charge in [0.25, 0.3) is 5.56 Å². The van der Waals surface area contributed by atoms with Crippen molar-refractivity contribution in [2.75, 3.05) is 0 Å². The Balaban J connectivity index is 2.58. The molecule has 0 N–H and O–H groups in total. The zero-order chi connectivity index (χ0) is 12.7. The van der Waals surface area contributed by atoms with Crippen LogP contribution in [0.1, 0.15) is 13.3 Å². The molecule has 18 heavy (non-hydrogen) atoms. The first-order valence-corrected chi connectivity index (χ1v) is 6.17. The van der Waals surface area contributed by atoms with E-state index in [0.717, 1.165) is 34.8 Å². The van der Waals surface area contributed by atoms with Gasteiger partial charge in [-0.25, -0.2) is 4.68 Å². The fraction of sp³-hybridized carbons (Fsp3) is 0.286. The summed E-state index contributed by atoms with van der Waals surface area (Å²) >= 11 is 0. The molecule has 0 aliphatic heterocycles. The molecule has 4 nitrogen and oxygen atoms in total. The highest BCUT2D eigenvalue weighted by molar-refractivity contribution is 6.07. The van der Waals surface area contributed by atoms with Crippen molar-refractivity contribution < 1.29 is 0 Å². The van der Waals surface area contributed by atoms with Crippen molar-refractivity contribution in [3.05, 3.63) is 40.8 Å². The number of hydrogen-bond donors (Lipinski definition) is 0.